The second-order valence-electron chi connectivity index (χ2n) is 5.81. The minimum Gasteiger partial charge on any atom is -0.481 e. The topological polar surface area (TPSA) is 99.8 Å². The number of hydrogen-bond acceptors (Lipinski definition) is 4. The number of carboxylic acids is 1. The molecule has 2 amide bonds. The van der Waals surface area contributed by atoms with Crippen LogP contribution < -0.4 is 5.32 Å². The van der Waals surface area contributed by atoms with Crippen LogP contribution in [0.1, 0.15) is 13.3 Å². The van der Waals surface area contributed by atoms with E-state index in [1.54, 1.807) is 16.7 Å². The third-order valence-corrected chi connectivity index (χ3v) is 4.35. The van der Waals surface area contributed by atoms with E-state index < -0.39 is 11.9 Å². The van der Waals surface area contributed by atoms with Crippen molar-refractivity contribution in [3.05, 3.63) is 22.8 Å². The number of carboxylic acid groups (broad SMARTS) is 1. The van der Waals surface area contributed by atoms with Crippen LogP contribution in [0.5, 0.6) is 0 Å². The number of amides is 2. The van der Waals surface area contributed by atoms with Gasteiger partial charge in [-0.15, -0.1) is 10.2 Å². The van der Waals surface area contributed by atoms with Gasteiger partial charge in [0.2, 0.25) is 5.95 Å². The van der Waals surface area contributed by atoms with Crippen molar-refractivity contribution in [2.45, 2.75) is 13.3 Å². The van der Waals surface area contributed by atoms with Gasteiger partial charge in [0.05, 0.1) is 5.92 Å². The van der Waals surface area contributed by atoms with E-state index in [1.165, 1.54) is 4.90 Å². The van der Waals surface area contributed by atoms with Gasteiger partial charge in [-0.3, -0.25) is 14.5 Å². The van der Waals surface area contributed by atoms with Crippen molar-refractivity contribution < 1.29 is 14.7 Å². The summed E-state index contributed by atoms with van der Waals surface area (Å²) < 4.78 is 2.49. The minimum absolute atomic E-state index is 0.139. The Balaban J connectivity index is 1.77. The van der Waals surface area contributed by atoms with Gasteiger partial charge in [0.1, 0.15) is 0 Å². The molecule has 23 heavy (non-hydrogen) atoms. The van der Waals surface area contributed by atoms with Crippen LogP contribution in [-0.2, 0) is 4.79 Å². The molecular formula is C14H16BrN5O3. The number of urea groups is 1. The van der Waals surface area contributed by atoms with Crippen LogP contribution in [0.25, 0.3) is 5.65 Å². The summed E-state index contributed by atoms with van der Waals surface area (Å²) in [6.07, 6.45) is 2.34. The molecular weight excluding hydrogens is 366 g/mol. The van der Waals surface area contributed by atoms with Crippen LogP contribution in [0, 0.1) is 11.8 Å². The number of nitrogens with one attached hydrogen (secondary N) is 1. The fourth-order valence-corrected chi connectivity index (χ4v) is 3.16. The molecule has 122 valence electrons. The van der Waals surface area contributed by atoms with Crippen molar-refractivity contribution in [2.24, 2.45) is 11.8 Å². The van der Waals surface area contributed by atoms with Crippen LogP contribution in [-0.4, -0.2) is 49.7 Å². The fraction of sp³-hybridized carbons (Fsp3) is 0.429. The second-order valence-corrected chi connectivity index (χ2v) is 6.73. The number of nitrogens with zero attached hydrogens (tertiary/aromatic N) is 4. The Bertz CT molecular complexity index is 762. The Hall–Kier alpha value is -2.16. The second kappa shape index (κ2) is 6.15. The molecule has 8 nitrogen and oxygen atoms in total. The molecule has 0 aliphatic carbocycles. The molecule has 0 bridgehead atoms. The lowest BCUT2D eigenvalue weighted by Gasteiger charge is -2.34. The SMILES string of the molecule is CC1CC(C(=O)O)CN(C(=O)Nc2nnc3ccc(Br)cn23)C1. The zero-order valence-electron chi connectivity index (χ0n) is 12.4. The molecule has 0 saturated carbocycles. The van der Waals surface area contributed by atoms with E-state index in [1.807, 2.05) is 13.0 Å². The fourth-order valence-electron chi connectivity index (χ4n) is 2.82. The standard InChI is InChI=1S/C14H16BrN5O3/c1-8-4-9(12(21)22)6-19(5-8)14(23)16-13-18-17-11-3-2-10(15)7-20(11)13/h2-3,7-9H,4-6H2,1H3,(H,21,22)(H,16,18,23). The van der Waals surface area contributed by atoms with Gasteiger partial charge in [-0.25, -0.2) is 4.79 Å². The number of piperidine rings is 1. The van der Waals surface area contributed by atoms with Crippen molar-refractivity contribution in [2.75, 3.05) is 18.4 Å². The molecule has 2 unspecified atom stereocenters. The number of hydrogen-bond donors (Lipinski definition) is 2. The lowest BCUT2D eigenvalue weighted by molar-refractivity contribution is -0.143. The summed E-state index contributed by atoms with van der Waals surface area (Å²) in [4.78, 5) is 25.2. The van der Waals surface area contributed by atoms with E-state index in [-0.39, 0.29) is 18.5 Å². The Morgan fingerprint density at radius 3 is 2.87 bits per heavy atom. The number of anilines is 1. The summed E-state index contributed by atoms with van der Waals surface area (Å²) in [6.45, 7) is 2.67. The highest BCUT2D eigenvalue weighted by molar-refractivity contribution is 9.10. The van der Waals surface area contributed by atoms with Crippen molar-refractivity contribution in [3.8, 4) is 0 Å². The summed E-state index contributed by atoms with van der Waals surface area (Å²) in [5.41, 5.74) is 0.610. The molecule has 1 fully saturated rings. The molecule has 1 aliphatic rings. The number of fused-ring (bicyclic) bond motifs is 1. The molecule has 9 heteroatoms. The van der Waals surface area contributed by atoms with Gasteiger partial charge < -0.3 is 10.0 Å². The summed E-state index contributed by atoms with van der Waals surface area (Å²) in [5.74, 6) is -0.962. The Kier molecular flexibility index (Phi) is 4.20. The molecule has 3 heterocycles. The molecule has 0 spiro atoms. The number of aromatic nitrogens is 3. The van der Waals surface area contributed by atoms with Gasteiger partial charge >= 0.3 is 12.0 Å². The Labute approximate surface area is 140 Å². The number of carbonyl (C=O) groups excluding carboxylic acids is 1. The zero-order valence-corrected chi connectivity index (χ0v) is 14.0. The third kappa shape index (κ3) is 3.29. The number of carbonyl (C=O) groups is 2. The molecule has 1 saturated heterocycles. The first-order chi connectivity index (χ1) is 10.9. The van der Waals surface area contributed by atoms with Crippen molar-refractivity contribution >= 4 is 39.5 Å². The normalized spacial score (nSPS) is 21.4. The Morgan fingerprint density at radius 1 is 1.35 bits per heavy atom. The zero-order chi connectivity index (χ0) is 16.6. The predicted octanol–water partition coefficient (Wildman–Crippen LogP) is 2.07. The van der Waals surface area contributed by atoms with Crippen molar-refractivity contribution in [3.63, 3.8) is 0 Å². The van der Waals surface area contributed by atoms with Gasteiger partial charge in [0.25, 0.3) is 0 Å². The maximum Gasteiger partial charge on any atom is 0.324 e. The first-order valence-corrected chi connectivity index (χ1v) is 8.02. The van der Waals surface area contributed by atoms with E-state index >= 15 is 0 Å². The lowest BCUT2D eigenvalue weighted by atomic mass is 9.91. The Morgan fingerprint density at radius 2 is 2.13 bits per heavy atom. The third-order valence-electron chi connectivity index (χ3n) is 3.88. The summed E-state index contributed by atoms with van der Waals surface area (Å²) >= 11 is 3.36. The average molecular weight is 382 g/mol. The minimum atomic E-state index is -0.869. The first kappa shape index (κ1) is 15.7. The van der Waals surface area contributed by atoms with Crippen molar-refractivity contribution in [1.82, 2.24) is 19.5 Å². The largest absolute Gasteiger partial charge is 0.481 e. The first-order valence-electron chi connectivity index (χ1n) is 7.23. The van der Waals surface area contributed by atoms with Crippen LogP contribution in [0.2, 0.25) is 0 Å². The van der Waals surface area contributed by atoms with Crippen LogP contribution in [0.15, 0.2) is 22.8 Å². The monoisotopic (exact) mass is 381 g/mol. The van der Waals surface area contributed by atoms with Crippen LogP contribution in [0.3, 0.4) is 0 Å². The molecule has 2 aromatic heterocycles. The van der Waals surface area contributed by atoms with Crippen LogP contribution >= 0.6 is 15.9 Å². The molecule has 1 aliphatic heterocycles. The molecule has 0 aromatic carbocycles. The van der Waals surface area contributed by atoms with E-state index in [0.29, 0.717) is 24.6 Å². The van der Waals surface area contributed by atoms with E-state index in [4.69, 9.17) is 0 Å². The molecule has 2 atom stereocenters. The lowest BCUT2D eigenvalue weighted by Crippen LogP contribution is -2.47. The quantitative estimate of drug-likeness (QED) is 0.829. The summed E-state index contributed by atoms with van der Waals surface area (Å²) in [7, 11) is 0. The van der Waals surface area contributed by atoms with Crippen molar-refractivity contribution in [1.29, 1.82) is 0 Å². The van der Waals surface area contributed by atoms with Gasteiger partial charge in [0, 0.05) is 23.8 Å². The smallest absolute Gasteiger partial charge is 0.324 e. The highest BCUT2D eigenvalue weighted by Crippen LogP contribution is 2.22. The average Bonchev–Trinajstić information content (AvgIpc) is 2.89. The number of halogens is 1. The number of pyridine rings is 1. The molecule has 0 radical (unpaired) electrons. The van der Waals surface area contributed by atoms with E-state index in [0.717, 1.165) is 4.47 Å². The van der Waals surface area contributed by atoms with Crippen LogP contribution in [0.4, 0.5) is 10.7 Å². The summed E-state index contributed by atoms with van der Waals surface area (Å²) in [6, 6.07) is 3.24. The maximum atomic E-state index is 12.4. The number of likely N-dealkylation sites (tertiary alicyclic amines) is 1. The maximum absolute atomic E-state index is 12.4. The molecule has 3 rings (SSSR count). The highest BCUT2D eigenvalue weighted by Gasteiger charge is 2.32. The molecule has 2 N–H and O–H groups in total. The van der Waals surface area contributed by atoms with Gasteiger partial charge in [-0.1, -0.05) is 6.92 Å². The highest BCUT2D eigenvalue weighted by atomic mass is 79.9. The number of aliphatic carboxylic acids is 1. The summed E-state index contributed by atoms with van der Waals surface area (Å²) in [5, 5.41) is 19.8. The van der Waals surface area contributed by atoms with Gasteiger partial charge in [-0.2, -0.15) is 0 Å². The molecule has 2 aromatic rings. The van der Waals surface area contributed by atoms with Gasteiger partial charge in [-0.05, 0) is 40.4 Å². The van der Waals surface area contributed by atoms with E-state index in [9.17, 15) is 14.7 Å². The predicted molar refractivity (Wildman–Crippen MR) is 86.2 cm³/mol. The number of rotatable bonds is 2. The van der Waals surface area contributed by atoms with Gasteiger partial charge in [0.15, 0.2) is 5.65 Å². The van der Waals surface area contributed by atoms with E-state index in [2.05, 4.69) is 31.4 Å².